The molecular formula is C38H42BrN3O4S. The van der Waals surface area contributed by atoms with Gasteiger partial charge in [0.25, 0.3) is 10.0 Å². The van der Waals surface area contributed by atoms with Gasteiger partial charge in [-0.05, 0) is 73.7 Å². The van der Waals surface area contributed by atoms with E-state index < -0.39 is 28.5 Å². The van der Waals surface area contributed by atoms with Gasteiger partial charge in [0.15, 0.2) is 0 Å². The highest BCUT2D eigenvalue weighted by atomic mass is 79.9. The van der Waals surface area contributed by atoms with Gasteiger partial charge in [-0.25, -0.2) is 8.42 Å². The van der Waals surface area contributed by atoms with E-state index in [0.29, 0.717) is 5.69 Å². The van der Waals surface area contributed by atoms with Crippen molar-refractivity contribution in [1.29, 1.82) is 0 Å². The van der Waals surface area contributed by atoms with E-state index in [2.05, 4.69) is 21.2 Å². The summed E-state index contributed by atoms with van der Waals surface area (Å²) in [6, 6.07) is 30.1. The number of hydrogen-bond acceptors (Lipinski definition) is 4. The molecule has 2 amide bonds. The van der Waals surface area contributed by atoms with Crippen molar-refractivity contribution in [3.05, 3.63) is 130 Å². The lowest BCUT2D eigenvalue weighted by Crippen LogP contribution is -2.55. The highest BCUT2D eigenvalue weighted by Gasteiger charge is 2.35. The van der Waals surface area contributed by atoms with Crippen LogP contribution in [0.3, 0.4) is 0 Å². The molecule has 0 bridgehead atoms. The molecule has 1 fully saturated rings. The van der Waals surface area contributed by atoms with Crippen LogP contribution >= 0.6 is 15.9 Å². The predicted molar refractivity (Wildman–Crippen MR) is 191 cm³/mol. The molecule has 1 atom stereocenters. The fourth-order valence-corrected chi connectivity index (χ4v) is 8.19. The van der Waals surface area contributed by atoms with Crippen LogP contribution in [0.15, 0.2) is 112 Å². The maximum Gasteiger partial charge on any atom is 0.264 e. The Hall–Kier alpha value is -3.95. The second kappa shape index (κ2) is 15.8. The van der Waals surface area contributed by atoms with Crippen LogP contribution in [0.2, 0.25) is 0 Å². The van der Waals surface area contributed by atoms with Gasteiger partial charge in [-0.3, -0.25) is 13.9 Å². The number of aryl methyl sites for hydroxylation is 2. The number of rotatable bonds is 12. The van der Waals surface area contributed by atoms with Gasteiger partial charge < -0.3 is 10.2 Å². The van der Waals surface area contributed by atoms with Crippen molar-refractivity contribution in [3.8, 4) is 0 Å². The Morgan fingerprint density at radius 2 is 1.49 bits per heavy atom. The molecule has 1 aliphatic rings. The summed E-state index contributed by atoms with van der Waals surface area (Å²) in [6.07, 6.45) is 5.35. The average Bonchev–Trinajstić information content (AvgIpc) is 3.07. The van der Waals surface area contributed by atoms with E-state index in [4.69, 9.17) is 0 Å². The van der Waals surface area contributed by atoms with Gasteiger partial charge in [0.2, 0.25) is 11.8 Å². The van der Waals surface area contributed by atoms with Gasteiger partial charge in [-0.2, -0.15) is 0 Å². The normalized spacial score (nSPS) is 14.3. The molecule has 47 heavy (non-hydrogen) atoms. The minimum Gasteiger partial charge on any atom is -0.352 e. The van der Waals surface area contributed by atoms with Crippen LogP contribution in [0, 0.1) is 13.8 Å². The number of benzene rings is 4. The summed E-state index contributed by atoms with van der Waals surface area (Å²) < 4.78 is 30.5. The first-order chi connectivity index (χ1) is 22.6. The maximum absolute atomic E-state index is 14.7. The second-order valence-electron chi connectivity index (χ2n) is 12.3. The Bertz CT molecular complexity index is 1780. The van der Waals surface area contributed by atoms with E-state index in [9.17, 15) is 18.0 Å². The Kier molecular flexibility index (Phi) is 11.5. The number of nitrogens with one attached hydrogen (secondary N) is 1. The highest BCUT2D eigenvalue weighted by molar-refractivity contribution is 9.10. The van der Waals surface area contributed by atoms with Gasteiger partial charge in [0, 0.05) is 23.5 Å². The minimum absolute atomic E-state index is 0.0440. The number of sulfonamides is 1. The number of anilines is 1. The third kappa shape index (κ3) is 8.90. The molecule has 4 aromatic carbocycles. The SMILES string of the molecule is Cc1ccc(N(CC(=O)N(Cc2cccc(Br)c2)[C@H](Cc2ccccc2)C(=O)NC2CCCCC2)S(=O)(=O)c2ccccc2)c(C)c1. The number of carbonyl (C=O) groups excluding carboxylic acids is 2. The molecule has 1 aliphatic carbocycles. The quantitative estimate of drug-likeness (QED) is 0.166. The van der Waals surface area contributed by atoms with E-state index in [1.807, 2.05) is 80.6 Å². The number of nitrogens with zero attached hydrogens (tertiary/aromatic N) is 2. The smallest absolute Gasteiger partial charge is 0.264 e. The van der Waals surface area contributed by atoms with Crippen LogP contribution in [0.4, 0.5) is 5.69 Å². The molecule has 0 heterocycles. The number of hydrogen-bond donors (Lipinski definition) is 1. The first kappa shape index (κ1) is 34.4. The van der Waals surface area contributed by atoms with Crippen molar-refractivity contribution in [1.82, 2.24) is 10.2 Å². The van der Waals surface area contributed by atoms with Crippen molar-refractivity contribution >= 4 is 43.5 Å². The molecule has 0 unspecified atom stereocenters. The largest absolute Gasteiger partial charge is 0.352 e. The molecule has 246 valence electrons. The molecule has 0 saturated heterocycles. The van der Waals surface area contributed by atoms with Crippen LogP contribution in [0.1, 0.15) is 54.4 Å². The van der Waals surface area contributed by atoms with Gasteiger partial charge >= 0.3 is 0 Å². The number of halogens is 1. The molecule has 5 rings (SSSR count). The number of amides is 2. The molecule has 4 aromatic rings. The summed E-state index contributed by atoms with van der Waals surface area (Å²) in [4.78, 5) is 30.6. The zero-order valence-corrected chi connectivity index (χ0v) is 29.3. The fraction of sp³-hybridized carbons (Fsp3) is 0.316. The second-order valence-corrected chi connectivity index (χ2v) is 15.1. The van der Waals surface area contributed by atoms with Crippen LogP contribution < -0.4 is 9.62 Å². The van der Waals surface area contributed by atoms with E-state index >= 15 is 0 Å². The van der Waals surface area contributed by atoms with Gasteiger partial charge in [0.05, 0.1) is 10.6 Å². The van der Waals surface area contributed by atoms with Crippen molar-refractivity contribution in [2.45, 2.75) is 75.9 Å². The molecule has 0 aliphatic heterocycles. The third-order valence-electron chi connectivity index (χ3n) is 8.70. The molecule has 1 N–H and O–H groups in total. The Morgan fingerprint density at radius 1 is 0.830 bits per heavy atom. The lowest BCUT2D eigenvalue weighted by molar-refractivity contribution is -0.140. The Morgan fingerprint density at radius 3 is 2.15 bits per heavy atom. The van der Waals surface area contributed by atoms with Crippen LogP contribution in [-0.2, 0) is 32.6 Å². The average molecular weight is 717 g/mol. The lowest BCUT2D eigenvalue weighted by atomic mass is 9.94. The summed E-state index contributed by atoms with van der Waals surface area (Å²) >= 11 is 3.54. The zero-order chi connectivity index (χ0) is 33.4. The van der Waals surface area contributed by atoms with Crippen LogP contribution in [0.25, 0.3) is 0 Å². The standard InChI is InChI=1S/C38H42BrN3O4S/c1-28-21-22-35(29(2)23-28)42(47(45,46)34-19-10-5-11-20-34)27-37(43)41(26-31-15-12-16-32(39)24-31)36(25-30-13-6-3-7-14-30)38(44)40-33-17-8-4-9-18-33/h3,5-7,10-16,19-24,33,36H,4,8-9,17-18,25-27H2,1-2H3,(H,40,44)/t36-/m1/s1. The molecule has 0 radical (unpaired) electrons. The molecule has 0 aromatic heterocycles. The van der Waals surface area contributed by atoms with E-state index in [1.54, 1.807) is 29.2 Å². The van der Waals surface area contributed by atoms with Gasteiger partial charge in [-0.15, -0.1) is 0 Å². The summed E-state index contributed by atoms with van der Waals surface area (Å²) in [5, 5.41) is 3.25. The number of carbonyl (C=O) groups is 2. The van der Waals surface area contributed by atoms with Crippen LogP contribution in [-0.4, -0.2) is 43.8 Å². The maximum atomic E-state index is 14.7. The summed E-state index contributed by atoms with van der Waals surface area (Å²) in [7, 11) is -4.15. The first-order valence-corrected chi connectivity index (χ1v) is 18.4. The lowest BCUT2D eigenvalue weighted by Gasteiger charge is -2.35. The van der Waals surface area contributed by atoms with Crippen molar-refractivity contribution < 1.29 is 18.0 Å². The van der Waals surface area contributed by atoms with Crippen LogP contribution in [0.5, 0.6) is 0 Å². The zero-order valence-electron chi connectivity index (χ0n) is 26.9. The molecule has 9 heteroatoms. The first-order valence-electron chi connectivity index (χ1n) is 16.1. The summed E-state index contributed by atoms with van der Waals surface area (Å²) in [6.45, 7) is 3.43. The Labute approximate surface area is 287 Å². The van der Waals surface area contributed by atoms with Crippen molar-refractivity contribution in [3.63, 3.8) is 0 Å². The van der Waals surface area contributed by atoms with E-state index in [1.165, 1.54) is 16.4 Å². The summed E-state index contributed by atoms with van der Waals surface area (Å²) in [5.41, 5.74) is 3.85. The highest BCUT2D eigenvalue weighted by Crippen LogP contribution is 2.29. The topological polar surface area (TPSA) is 86.8 Å². The minimum atomic E-state index is -4.15. The van der Waals surface area contributed by atoms with Crippen molar-refractivity contribution in [2.24, 2.45) is 0 Å². The van der Waals surface area contributed by atoms with Gasteiger partial charge in [0.1, 0.15) is 12.6 Å². The molecule has 1 saturated carbocycles. The predicted octanol–water partition coefficient (Wildman–Crippen LogP) is 7.35. The molecular weight excluding hydrogens is 674 g/mol. The Balaban J connectivity index is 1.58. The van der Waals surface area contributed by atoms with Crippen molar-refractivity contribution in [2.75, 3.05) is 10.8 Å². The summed E-state index contributed by atoms with van der Waals surface area (Å²) in [5.74, 6) is -0.697. The van der Waals surface area contributed by atoms with Gasteiger partial charge in [-0.1, -0.05) is 114 Å². The monoisotopic (exact) mass is 715 g/mol. The molecule has 0 spiro atoms. The van der Waals surface area contributed by atoms with E-state index in [-0.39, 0.29) is 29.8 Å². The fourth-order valence-electron chi connectivity index (χ4n) is 6.25. The van der Waals surface area contributed by atoms with E-state index in [0.717, 1.165) is 58.8 Å². The molecule has 7 nitrogen and oxygen atoms in total. The third-order valence-corrected chi connectivity index (χ3v) is 11.0.